The summed E-state index contributed by atoms with van der Waals surface area (Å²) in [7, 11) is 0. The van der Waals surface area contributed by atoms with Gasteiger partial charge < -0.3 is 15.0 Å². The van der Waals surface area contributed by atoms with Crippen molar-refractivity contribution in [2.24, 2.45) is 5.92 Å². The van der Waals surface area contributed by atoms with E-state index in [9.17, 15) is 9.18 Å². The molecule has 1 fully saturated rings. The molecule has 5 nitrogen and oxygen atoms in total. The number of benzene rings is 1. The predicted molar refractivity (Wildman–Crippen MR) is 98.7 cm³/mol. The number of halogens is 1. The highest BCUT2D eigenvalue weighted by atomic mass is 19.1. The zero-order valence-corrected chi connectivity index (χ0v) is 15.1. The quantitative estimate of drug-likeness (QED) is 0.893. The molecule has 138 valence electrons. The van der Waals surface area contributed by atoms with E-state index in [4.69, 9.17) is 4.74 Å². The molecule has 0 saturated carbocycles. The molecule has 1 aromatic heterocycles. The number of carbonyl (C=O) groups excluding carboxylic acids is 1. The number of pyridine rings is 1. The van der Waals surface area contributed by atoms with Crippen LogP contribution in [0.25, 0.3) is 0 Å². The van der Waals surface area contributed by atoms with E-state index in [1.807, 2.05) is 19.9 Å². The summed E-state index contributed by atoms with van der Waals surface area (Å²) in [5.74, 6) is 0.549. The molecule has 1 aromatic carbocycles. The summed E-state index contributed by atoms with van der Waals surface area (Å²) in [5, 5.41) is 3.03. The Labute approximate surface area is 153 Å². The first kappa shape index (κ1) is 18.3. The zero-order valence-electron chi connectivity index (χ0n) is 15.1. The van der Waals surface area contributed by atoms with Crippen LogP contribution in [0.15, 0.2) is 42.6 Å². The van der Waals surface area contributed by atoms with Crippen LogP contribution in [0.1, 0.15) is 35.8 Å². The van der Waals surface area contributed by atoms with Crippen LogP contribution in [-0.2, 0) is 4.74 Å². The van der Waals surface area contributed by atoms with Crippen LogP contribution >= 0.6 is 0 Å². The van der Waals surface area contributed by atoms with Gasteiger partial charge in [-0.05, 0) is 35.7 Å². The van der Waals surface area contributed by atoms with E-state index in [0.29, 0.717) is 18.8 Å². The molecule has 2 aromatic rings. The third kappa shape index (κ3) is 4.38. The van der Waals surface area contributed by atoms with Crippen molar-refractivity contribution in [1.82, 2.24) is 10.3 Å². The normalized spacial score (nSPS) is 15.8. The predicted octanol–water partition coefficient (Wildman–Crippen LogP) is 3.18. The highest BCUT2D eigenvalue weighted by Crippen LogP contribution is 2.23. The first-order chi connectivity index (χ1) is 12.5. The molecule has 1 aliphatic rings. The third-order valence-electron chi connectivity index (χ3n) is 4.53. The van der Waals surface area contributed by atoms with E-state index in [2.05, 4.69) is 15.2 Å². The van der Waals surface area contributed by atoms with Gasteiger partial charge in [0, 0.05) is 19.3 Å². The number of anilines is 1. The van der Waals surface area contributed by atoms with Gasteiger partial charge in [0.1, 0.15) is 11.6 Å². The van der Waals surface area contributed by atoms with E-state index in [0.717, 1.165) is 24.5 Å². The number of morpholine rings is 1. The molecule has 0 aliphatic carbocycles. The van der Waals surface area contributed by atoms with Crippen molar-refractivity contribution in [3.8, 4) is 0 Å². The van der Waals surface area contributed by atoms with Crippen molar-refractivity contribution in [2.45, 2.75) is 19.9 Å². The summed E-state index contributed by atoms with van der Waals surface area (Å²) in [4.78, 5) is 19.2. The Morgan fingerprint density at radius 2 is 1.85 bits per heavy atom. The average molecular weight is 357 g/mol. The highest BCUT2D eigenvalue weighted by molar-refractivity contribution is 5.94. The molecule has 1 saturated heterocycles. The summed E-state index contributed by atoms with van der Waals surface area (Å²) in [6.45, 7) is 7.04. The van der Waals surface area contributed by atoms with Crippen molar-refractivity contribution in [3.63, 3.8) is 0 Å². The second-order valence-electron chi connectivity index (χ2n) is 6.75. The van der Waals surface area contributed by atoms with Gasteiger partial charge in [-0.15, -0.1) is 0 Å². The Hall–Kier alpha value is -2.47. The number of rotatable bonds is 5. The van der Waals surface area contributed by atoms with Gasteiger partial charge in [0.25, 0.3) is 5.91 Å². The first-order valence-corrected chi connectivity index (χ1v) is 8.89. The monoisotopic (exact) mass is 357 g/mol. The number of hydrogen-bond acceptors (Lipinski definition) is 4. The van der Waals surface area contributed by atoms with Crippen LogP contribution < -0.4 is 10.2 Å². The van der Waals surface area contributed by atoms with Crippen molar-refractivity contribution < 1.29 is 13.9 Å². The molecular weight excluding hydrogens is 333 g/mol. The highest BCUT2D eigenvalue weighted by Gasteiger charge is 2.20. The van der Waals surface area contributed by atoms with Crippen molar-refractivity contribution in [1.29, 1.82) is 0 Å². The first-order valence-electron chi connectivity index (χ1n) is 8.89. The SMILES string of the molecule is CC(C)C(NC(=O)c1ccc(N2CCOCC2)nc1)c1ccc(F)cc1. The molecule has 3 rings (SSSR count). The van der Waals surface area contributed by atoms with E-state index >= 15 is 0 Å². The Bertz CT molecular complexity index is 726. The van der Waals surface area contributed by atoms with Crippen LogP contribution in [0, 0.1) is 11.7 Å². The molecule has 1 N–H and O–H groups in total. The molecule has 26 heavy (non-hydrogen) atoms. The fourth-order valence-corrected chi connectivity index (χ4v) is 3.03. The number of nitrogens with zero attached hydrogens (tertiary/aromatic N) is 2. The molecular formula is C20H24FN3O2. The third-order valence-corrected chi connectivity index (χ3v) is 4.53. The molecule has 0 spiro atoms. The summed E-state index contributed by atoms with van der Waals surface area (Å²) < 4.78 is 18.5. The van der Waals surface area contributed by atoms with Gasteiger partial charge in [0.05, 0.1) is 24.8 Å². The largest absolute Gasteiger partial charge is 0.378 e. The maximum Gasteiger partial charge on any atom is 0.253 e. The lowest BCUT2D eigenvalue weighted by Gasteiger charge is -2.27. The van der Waals surface area contributed by atoms with E-state index in [-0.39, 0.29) is 23.7 Å². The van der Waals surface area contributed by atoms with E-state index in [1.165, 1.54) is 12.1 Å². The Morgan fingerprint density at radius 3 is 2.42 bits per heavy atom. The van der Waals surface area contributed by atoms with Crippen LogP contribution in [0.2, 0.25) is 0 Å². The fraction of sp³-hybridized carbons (Fsp3) is 0.400. The van der Waals surface area contributed by atoms with Crippen molar-refractivity contribution in [3.05, 3.63) is 59.5 Å². The maximum absolute atomic E-state index is 13.2. The average Bonchev–Trinajstić information content (AvgIpc) is 2.67. The smallest absolute Gasteiger partial charge is 0.253 e. The zero-order chi connectivity index (χ0) is 18.5. The van der Waals surface area contributed by atoms with Crippen LogP contribution in [-0.4, -0.2) is 37.2 Å². The second-order valence-corrected chi connectivity index (χ2v) is 6.75. The number of amides is 1. The Balaban J connectivity index is 1.70. The van der Waals surface area contributed by atoms with Gasteiger partial charge in [-0.2, -0.15) is 0 Å². The topological polar surface area (TPSA) is 54.5 Å². The molecule has 1 aliphatic heterocycles. The fourth-order valence-electron chi connectivity index (χ4n) is 3.03. The van der Waals surface area contributed by atoms with E-state index in [1.54, 1.807) is 24.4 Å². The number of aromatic nitrogens is 1. The Morgan fingerprint density at radius 1 is 1.15 bits per heavy atom. The van der Waals surface area contributed by atoms with Gasteiger partial charge in [-0.25, -0.2) is 9.37 Å². The molecule has 1 atom stereocenters. The molecule has 1 amide bonds. The van der Waals surface area contributed by atoms with Gasteiger partial charge in [0.2, 0.25) is 0 Å². The second kappa shape index (κ2) is 8.27. The number of hydrogen-bond donors (Lipinski definition) is 1. The van der Waals surface area contributed by atoms with Crippen molar-refractivity contribution in [2.75, 3.05) is 31.2 Å². The number of nitrogens with one attached hydrogen (secondary N) is 1. The van der Waals surface area contributed by atoms with Gasteiger partial charge in [-0.1, -0.05) is 26.0 Å². The van der Waals surface area contributed by atoms with Crippen molar-refractivity contribution >= 4 is 11.7 Å². The minimum Gasteiger partial charge on any atom is -0.378 e. The van der Waals surface area contributed by atoms with Crippen LogP contribution in [0.3, 0.4) is 0 Å². The minimum atomic E-state index is -0.287. The Kier molecular flexibility index (Phi) is 5.83. The lowest BCUT2D eigenvalue weighted by molar-refractivity contribution is 0.0925. The van der Waals surface area contributed by atoms with E-state index < -0.39 is 0 Å². The summed E-state index contributed by atoms with van der Waals surface area (Å²) >= 11 is 0. The maximum atomic E-state index is 13.2. The number of carbonyl (C=O) groups is 1. The standard InChI is InChI=1S/C20H24FN3O2/c1-14(2)19(15-3-6-17(21)7-4-15)23-20(25)16-5-8-18(22-13-16)24-9-11-26-12-10-24/h3-8,13-14,19H,9-12H2,1-2H3,(H,23,25). The lowest BCUT2D eigenvalue weighted by Crippen LogP contribution is -2.37. The molecule has 1 unspecified atom stereocenters. The lowest BCUT2D eigenvalue weighted by atomic mass is 9.95. The summed E-state index contributed by atoms with van der Waals surface area (Å²) in [6.07, 6.45) is 1.60. The van der Waals surface area contributed by atoms with Crippen LogP contribution in [0.4, 0.5) is 10.2 Å². The molecule has 2 heterocycles. The van der Waals surface area contributed by atoms with Crippen LogP contribution in [0.5, 0.6) is 0 Å². The van der Waals surface area contributed by atoms with Gasteiger partial charge >= 0.3 is 0 Å². The minimum absolute atomic E-state index is 0.171. The molecule has 0 radical (unpaired) electrons. The summed E-state index contributed by atoms with van der Waals surface area (Å²) in [6, 6.07) is 9.70. The number of ether oxygens (including phenoxy) is 1. The van der Waals surface area contributed by atoms with Gasteiger partial charge in [-0.3, -0.25) is 4.79 Å². The van der Waals surface area contributed by atoms with Gasteiger partial charge in [0.15, 0.2) is 0 Å². The molecule has 0 bridgehead atoms. The molecule has 6 heteroatoms. The summed E-state index contributed by atoms with van der Waals surface area (Å²) in [5.41, 5.74) is 1.39.